The van der Waals surface area contributed by atoms with Gasteiger partial charge in [-0.1, -0.05) is 29.8 Å². The van der Waals surface area contributed by atoms with Gasteiger partial charge in [0.15, 0.2) is 6.61 Å². The van der Waals surface area contributed by atoms with Gasteiger partial charge in [-0.2, -0.15) is 5.10 Å². The number of rotatable bonds is 4. The topological polar surface area (TPSA) is 61.2 Å². The molecular formula is C17H15ClN2O3S. The lowest BCUT2D eigenvalue weighted by molar-refractivity contribution is 0.0475. The second kappa shape index (κ2) is 6.37. The van der Waals surface area contributed by atoms with E-state index in [2.05, 4.69) is 5.10 Å². The van der Waals surface area contributed by atoms with E-state index in [1.807, 2.05) is 31.2 Å². The number of aryl methyl sites for hydroxylation is 3. The summed E-state index contributed by atoms with van der Waals surface area (Å²) in [5.74, 6) is -0.863. The first kappa shape index (κ1) is 16.7. The van der Waals surface area contributed by atoms with Crippen molar-refractivity contribution >= 4 is 44.8 Å². The minimum atomic E-state index is -0.641. The lowest BCUT2D eigenvalue weighted by Crippen LogP contribution is -2.14. The zero-order valence-electron chi connectivity index (χ0n) is 13.4. The third-order valence-electron chi connectivity index (χ3n) is 3.79. The highest BCUT2D eigenvalue weighted by atomic mass is 35.5. The van der Waals surface area contributed by atoms with E-state index in [9.17, 15) is 9.59 Å². The summed E-state index contributed by atoms with van der Waals surface area (Å²) in [6.07, 6.45) is 0. The largest absolute Gasteiger partial charge is 0.454 e. The maximum absolute atomic E-state index is 12.4. The highest BCUT2D eigenvalue weighted by Crippen LogP contribution is 2.31. The fourth-order valence-electron chi connectivity index (χ4n) is 2.57. The van der Waals surface area contributed by atoms with Gasteiger partial charge >= 0.3 is 5.97 Å². The summed E-state index contributed by atoms with van der Waals surface area (Å²) in [6.45, 7) is 3.24. The maximum Gasteiger partial charge on any atom is 0.343 e. The number of aromatic nitrogens is 2. The molecule has 0 fully saturated rings. The number of hydrogen-bond donors (Lipinski definition) is 0. The van der Waals surface area contributed by atoms with Crippen molar-refractivity contribution in [2.45, 2.75) is 13.8 Å². The minimum Gasteiger partial charge on any atom is -0.454 e. The average molecular weight is 363 g/mol. The summed E-state index contributed by atoms with van der Waals surface area (Å²) in [7, 11) is 1.64. The van der Waals surface area contributed by atoms with Crippen molar-refractivity contribution in [3.63, 3.8) is 0 Å². The Morgan fingerprint density at radius 2 is 2.00 bits per heavy atom. The molecule has 1 aromatic carbocycles. The summed E-state index contributed by atoms with van der Waals surface area (Å²) in [6, 6.07) is 7.81. The van der Waals surface area contributed by atoms with Gasteiger partial charge in [0.2, 0.25) is 5.78 Å². The Bertz CT molecular complexity index is 958. The highest BCUT2D eigenvalue weighted by molar-refractivity contribution is 7.21. The number of esters is 1. The number of nitrogens with zero attached hydrogens (tertiary/aromatic N) is 2. The number of Topliss-reactive ketones (excluding diaryl/α,β-unsaturated/α-hetero) is 1. The van der Waals surface area contributed by atoms with Gasteiger partial charge in [-0.3, -0.25) is 9.48 Å². The zero-order valence-corrected chi connectivity index (χ0v) is 15.0. The first-order valence-corrected chi connectivity index (χ1v) is 8.47. The zero-order chi connectivity index (χ0) is 17.4. The van der Waals surface area contributed by atoms with E-state index in [1.165, 1.54) is 16.0 Å². The molecule has 0 aliphatic carbocycles. The number of ketones is 1. The first-order chi connectivity index (χ1) is 11.4. The van der Waals surface area contributed by atoms with Gasteiger partial charge in [0.25, 0.3) is 0 Å². The van der Waals surface area contributed by atoms with Crippen LogP contribution in [-0.2, 0) is 11.8 Å². The molecule has 124 valence electrons. The van der Waals surface area contributed by atoms with Crippen LogP contribution >= 0.6 is 22.9 Å². The van der Waals surface area contributed by atoms with Crippen LogP contribution < -0.4 is 0 Å². The van der Waals surface area contributed by atoms with Gasteiger partial charge in [-0.05, 0) is 30.9 Å². The average Bonchev–Trinajstić information content (AvgIpc) is 3.02. The highest BCUT2D eigenvalue weighted by Gasteiger charge is 2.22. The fraction of sp³-hybridized carbons (Fsp3) is 0.235. The quantitative estimate of drug-likeness (QED) is 0.521. The molecule has 2 aromatic heterocycles. The number of benzene rings is 1. The van der Waals surface area contributed by atoms with Gasteiger partial charge in [0.1, 0.15) is 10.7 Å². The van der Waals surface area contributed by atoms with Crippen molar-refractivity contribution < 1.29 is 14.3 Å². The van der Waals surface area contributed by atoms with Crippen LogP contribution in [0.1, 0.15) is 31.3 Å². The Labute approximate surface area is 147 Å². The third kappa shape index (κ3) is 2.83. The minimum absolute atomic E-state index is 0.194. The number of hydrogen-bond acceptors (Lipinski definition) is 5. The van der Waals surface area contributed by atoms with Crippen LogP contribution in [0.4, 0.5) is 0 Å². The molecule has 0 saturated heterocycles. The molecule has 7 heteroatoms. The monoisotopic (exact) mass is 362 g/mol. The van der Waals surface area contributed by atoms with Crippen LogP contribution in [0.25, 0.3) is 10.1 Å². The van der Waals surface area contributed by atoms with E-state index in [-0.39, 0.29) is 23.1 Å². The molecule has 2 heterocycles. The van der Waals surface area contributed by atoms with Crippen LogP contribution in [-0.4, -0.2) is 28.1 Å². The molecule has 5 nitrogen and oxygen atoms in total. The standard InChI is InChI=1S/C17H15ClN2O3S/c1-9-11-6-4-5-7-13(11)24-15(9)12(21)8-23-17(22)14-10(2)19-20(3)16(14)18/h4-7H,8H2,1-3H3. The molecule has 0 amide bonds. The van der Waals surface area contributed by atoms with Crippen LogP contribution in [0.3, 0.4) is 0 Å². The van der Waals surface area contributed by atoms with Crippen molar-refractivity contribution in [1.82, 2.24) is 9.78 Å². The van der Waals surface area contributed by atoms with E-state index >= 15 is 0 Å². The summed E-state index contributed by atoms with van der Waals surface area (Å²) in [5.41, 5.74) is 1.57. The molecule has 3 rings (SSSR count). The van der Waals surface area contributed by atoms with Crippen LogP contribution in [0.5, 0.6) is 0 Å². The van der Waals surface area contributed by atoms with Gasteiger partial charge in [0, 0.05) is 11.7 Å². The molecule has 0 atom stereocenters. The molecule has 24 heavy (non-hydrogen) atoms. The third-order valence-corrected chi connectivity index (χ3v) is 5.54. The van der Waals surface area contributed by atoms with E-state index < -0.39 is 5.97 Å². The van der Waals surface area contributed by atoms with Gasteiger partial charge in [-0.15, -0.1) is 11.3 Å². The van der Waals surface area contributed by atoms with Crippen LogP contribution in [0.15, 0.2) is 24.3 Å². The summed E-state index contributed by atoms with van der Waals surface area (Å²) < 4.78 is 7.58. The van der Waals surface area contributed by atoms with E-state index in [1.54, 1.807) is 14.0 Å². The lowest BCUT2D eigenvalue weighted by Gasteiger charge is -2.04. The first-order valence-electron chi connectivity index (χ1n) is 7.27. The Morgan fingerprint density at radius 3 is 2.62 bits per heavy atom. The number of carbonyl (C=O) groups is 2. The van der Waals surface area contributed by atoms with E-state index in [0.29, 0.717) is 10.6 Å². The summed E-state index contributed by atoms with van der Waals surface area (Å²) in [5, 5.41) is 5.30. The molecule has 0 bridgehead atoms. The maximum atomic E-state index is 12.4. The summed E-state index contributed by atoms with van der Waals surface area (Å²) in [4.78, 5) is 25.2. The van der Waals surface area contributed by atoms with Crippen molar-refractivity contribution in [3.8, 4) is 0 Å². The number of ether oxygens (including phenoxy) is 1. The SMILES string of the molecule is Cc1nn(C)c(Cl)c1C(=O)OCC(=O)c1sc2ccccc2c1C. The molecule has 0 unspecified atom stereocenters. The molecule has 0 radical (unpaired) electrons. The number of carbonyl (C=O) groups excluding carboxylic acids is 2. The van der Waals surface area contributed by atoms with Crippen molar-refractivity contribution in [1.29, 1.82) is 0 Å². The molecule has 0 aliphatic rings. The molecule has 0 saturated carbocycles. The molecule has 3 aromatic rings. The predicted octanol–water partition coefficient (Wildman–Crippen LogP) is 3.94. The van der Waals surface area contributed by atoms with E-state index in [4.69, 9.17) is 16.3 Å². The Balaban J connectivity index is 1.77. The van der Waals surface area contributed by atoms with Gasteiger partial charge in [0.05, 0.1) is 10.6 Å². The fourth-order valence-corrected chi connectivity index (χ4v) is 3.96. The number of halogens is 1. The summed E-state index contributed by atoms with van der Waals surface area (Å²) >= 11 is 7.44. The molecular weight excluding hydrogens is 348 g/mol. The number of thiophene rings is 1. The molecule has 0 spiro atoms. The second-order valence-electron chi connectivity index (χ2n) is 5.43. The lowest BCUT2D eigenvalue weighted by atomic mass is 10.1. The van der Waals surface area contributed by atoms with Crippen LogP contribution in [0.2, 0.25) is 5.15 Å². The molecule has 0 N–H and O–H groups in total. The smallest absolute Gasteiger partial charge is 0.343 e. The van der Waals surface area contributed by atoms with Crippen molar-refractivity contribution in [2.24, 2.45) is 7.05 Å². The van der Waals surface area contributed by atoms with E-state index in [0.717, 1.165) is 15.6 Å². The predicted molar refractivity (Wildman–Crippen MR) is 94.1 cm³/mol. The molecule has 0 aliphatic heterocycles. The number of fused-ring (bicyclic) bond motifs is 1. The van der Waals surface area contributed by atoms with Crippen LogP contribution in [0, 0.1) is 13.8 Å². The van der Waals surface area contributed by atoms with Gasteiger partial charge in [-0.25, -0.2) is 4.79 Å². The Kier molecular flexibility index (Phi) is 4.43. The second-order valence-corrected chi connectivity index (χ2v) is 6.84. The van der Waals surface area contributed by atoms with Crippen molar-refractivity contribution in [3.05, 3.63) is 51.1 Å². The normalized spacial score (nSPS) is 11.0. The van der Waals surface area contributed by atoms with Crippen molar-refractivity contribution in [2.75, 3.05) is 6.61 Å². The Morgan fingerprint density at radius 1 is 1.29 bits per heavy atom. The Hall–Kier alpha value is -2.18. The van der Waals surface area contributed by atoms with Gasteiger partial charge < -0.3 is 4.74 Å².